The molecule has 0 fully saturated rings. The predicted octanol–water partition coefficient (Wildman–Crippen LogP) is 1.35. The third kappa shape index (κ3) is 6.42. The van der Waals surface area contributed by atoms with Gasteiger partial charge in [0.15, 0.2) is 6.61 Å². The molecule has 0 aliphatic carbocycles. The molecule has 18 heavy (non-hydrogen) atoms. The molecule has 1 atom stereocenters. The minimum Gasteiger partial charge on any atom is -0.484 e. The van der Waals surface area contributed by atoms with Crippen LogP contribution in [0.25, 0.3) is 0 Å². The van der Waals surface area contributed by atoms with Crippen molar-refractivity contribution in [2.75, 3.05) is 20.2 Å². The zero-order chi connectivity index (χ0) is 12.7. The monoisotopic (exact) mass is 276 g/mol. The highest BCUT2D eigenvalue weighted by Gasteiger charge is 2.04. The summed E-state index contributed by atoms with van der Waals surface area (Å²) in [7, 11) is 1.83. The lowest BCUT2D eigenvalue weighted by Crippen LogP contribution is -2.39. The minimum atomic E-state index is -0.329. The maximum Gasteiger partial charge on any atom is 0.257 e. The van der Waals surface area contributed by atoms with Gasteiger partial charge < -0.3 is 15.4 Å². The predicted molar refractivity (Wildman–Crippen MR) is 70.7 cm³/mol. The highest BCUT2D eigenvalue weighted by atomic mass is 35.5. The zero-order valence-corrected chi connectivity index (χ0v) is 11.2. The number of halogens is 2. The molecule has 0 aliphatic heterocycles. The lowest BCUT2D eigenvalue weighted by Gasteiger charge is -2.11. The molecule has 1 aromatic carbocycles. The first-order valence-electron chi connectivity index (χ1n) is 5.44. The van der Waals surface area contributed by atoms with Gasteiger partial charge in [0.05, 0.1) is 0 Å². The SMILES string of the molecule is CNC(C)CNC(=O)COc1ccc(F)cc1.Cl. The van der Waals surface area contributed by atoms with E-state index in [1.807, 2.05) is 14.0 Å². The second-order valence-electron chi connectivity index (χ2n) is 3.74. The van der Waals surface area contributed by atoms with Gasteiger partial charge in [-0.25, -0.2) is 4.39 Å². The van der Waals surface area contributed by atoms with Crippen molar-refractivity contribution in [3.8, 4) is 5.75 Å². The van der Waals surface area contributed by atoms with E-state index < -0.39 is 0 Å². The molecular weight excluding hydrogens is 259 g/mol. The van der Waals surface area contributed by atoms with E-state index in [1.54, 1.807) is 0 Å². The fourth-order valence-electron chi connectivity index (χ4n) is 1.10. The van der Waals surface area contributed by atoms with Crippen LogP contribution in [0.5, 0.6) is 5.75 Å². The number of carbonyl (C=O) groups is 1. The Kier molecular flexibility index (Phi) is 8.07. The highest BCUT2D eigenvalue weighted by molar-refractivity contribution is 5.85. The van der Waals surface area contributed by atoms with Crippen LogP contribution in [0.15, 0.2) is 24.3 Å². The summed E-state index contributed by atoms with van der Waals surface area (Å²) in [6, 6.07) is 5.76. The third-order valence-corrected chi connectivity index (χ3v) is 2.28. The van der Waals surface area contributed by atoms with E-state index >= 15 is 0 Å². The summed E-state index contributed by atoms with van der Waals surface area (Å²) in [5, 5.41) is 5.72. The number of hydrogen-bond acceptors (Lipinski definition) is 3. The van der Waals surface area contributed by atoms with Gasteiger partial charge in [0, 0.05) is 12.6 Å². The highest BCUT2D eigenvalue weighted by Crippen LogP contribution is 2.10. The summed E-state index contributed by atoms with van der Waals surface area (Å²) >= 11 is 0. The van der Waals surface area contributed by atoms with Crippen molar-refractivity contribution in [1.29, 1.82) is 0 Å². The van der Waals surface area contributed by atoms with Gasteiger partial charge >= 0.3 is 0 Å². The Balaban J connectivity index is 0.00000289. The second-order valence-corrected chi connectivity index (χ2v) is 3.74. The van der Waals surface area contributed by atoms with Gasteiger partial charge in [-0.15, -0.1) is 12.4 Å². The van der Waals surface area contributed by atoms with Crippen molar-refractivity contribution in [3.63, 3.8) is 0 Å². The molecule has 0 saturated heterocycles. The molecule has 6 heteroatoms. The first-order chi connectivity index (χ1) is 8.11. The quantitative estimate of drug-likeness (QED) is 0.825. The number of amides is 1. The average Bonchev–Trinajstić information content (AvgIpc) is 2.35. The number of ether oxygens (including phenoxy) is 1. The molecule has 0 bridgehead atoms. The lowest BCUT2D eigenvalue weighted by molar-refractivity contribution is -0.123. The molecule has 1 amide bonds. The van der Waals surface area contributed by atoms with Gasteiger partial charge in [-0.1, -0.05) is 0 Å². The van der Waals surface area contributed by atoms with Crippen LogP contribution >= 0.6 is 12.4 Å². The van der Waals surface area contributed by atoms with Crippen LogP contribution in [0.2, 0.25) is 0 Å². The lowest BCUT2D eigenvalue weighted by atomic mass is 10.3. The largest absolute Gasteiger partial charge is 0.484 e. The first kappa shape index (κ1) is 16.7. The zero-order valence-electron chi connectivity index (χ0n) is 10.4. The van der Waals surface area contributed by atoms with Crippen LogP contribution in [0, 0.1) is 5.82 Å². The average molecular weight is 277 g/mol. The van der Waals surface area contributed by atoms with Crippen molar-refractivity contribution in [3.05, 3.63) is 30.1 Å². The first-order valence-corrected chi connectivity index (χ1v) is 5.44. The van der Waals surface area contributed by atoms with Crippen molar-refractivity contribution in [2.45, 2.75) is 13.0 Å². The van der Waals surface area contributed by atoms with Gasteiger partial charge in [-0.2, -0.15) is 0 Å². The number of benzene rings is 1. The van der Waals surface area contributed by atoms with Crippen LogP contribution in [-0.4, -0.2) is 32.1 Å². The maximum absolute atomic E-state index is 12.6. The molecule has 4 nitrogen and oxygen atoms in total. The van der Waals surface area contributed by atoms with Crippen molar-refractivity contribution >= 4 is 18.3 Å². The fraction of sp³-hybridized carbons (Fsp3) is 0.417. The Hall–Kier alpha value is -1.33. The third-order valence-electron chi connectivity index (χ3n) is 2.28. The number of nitrogens with one attached hydrogen (secondary N) is 2. The van der Waals surface area contributed by atoms with E-state index in [0.717, 1.165) is 0 Å². The van der Waals surface area contributed by atoms with Gasteiger partial charge in [-0.05, 0) is 38.2 Å². The van der Waals surface area contributed by atoms with Crippen molar-refractivity contribution in [1.82, 2.24) is 10.6 Å². The van der Waals surface area contributed by atoms with Gasteiger partial charge in [0.1, 0.15) is 11.6 Å². The van der Waals surface area contributed by atoms with E-state index in [-0.39, 0.29) is 36.8 Å². The summed E-state index contributed by atoms with van der Waals surface area (Å²) in [6.07, 6.45) is 0. The molecule has 0 aromatic heterocycles. The van der Waals surface area contributed by atoms with Crippen molar-refractivity contribution < 1.29 is 13.9 Å². The number of carbonyl (C=O) groups excluding carboxylic acids is 1. The van der Waals surface area contributed by atoms with Crippen molar-refractivity contribution in [2.24, 2.45) is 0 Å². The number of hydrogen-bond donors (Lipinski definition) is 2. The standard InChI is InChI=1S/C12H17FN2O2.ClH/c1-9(14-2)7-15-12(16)8-17-11-5-3-10(13)4-6-11;/h3-6,9,14H,7-8H2,1-2H3,(H,15,16);1H. The summed E-state index contributed by atoms with van der Waals surface area (Å²) < 4.78 is 17.8. The molecule has 0 spiro atoms. The maximum atomic E-state index is 12.6. The summed E-state index contributed by atoms with van der Waals surface area (Å²) in [5.41, 5.74) is 0. The molecule has 102 valence electrons. The Labute approximate surface area is 112 Å². The Morgan fingerprint density at radius 1 is 1.39 bits per heavy atom. The van der Waals surface area contributed by atoms with E-state index in [2.05, 4.69) is 10.6 Å². The second kappa shape index (κ2) is 8.72. The number of rotatable bonds is 6. The van der Waals surface area contributed by atoms with Gasteiger partial charge in [0.2, 0.25) is 0 Å². The molecule has 2 N–H and O–H groups in total. The molecule has 1 rings (SSSR count). The normalized spacial score (nSPS) is 11.3. The van der Waals surface area contributed by atoms with Gasteiger partial charge in [-0.3, -0.25) is 4.79 Å². The summed E-state index contributed by atoms with van der Waals surface area (Å²) in [4.78, 5) is 11.4. The topological polar surface area (TPSA) is 50.4 Å². The van der Waals surface area contributed by atoms with Crippen LogP contribution in [-0.2, 0) is 4.79 Å². The summed E-state index contributed by atoms with van der Waals surface area (Å²) in [6.45, 7) is 2.44. The Morgan fingerprint density at radius 3 is 2.56 bits per heavy atom. The molecule has 0 saturated carbocycles. The molecule has 0 radical (unpaired) electrons. The van der Waals surface area contributed by atoms with Crippen LogP contribution in [0.1, 0.15) is 6.92 Å². The Bertz CT molecular complexity index is 360. The molecular formula is C12H18ClFN2O2. The molecule has 1 aromatic rings. The fourth-order valence-corrected chi connectivity index (χ4v) is 1.10. The molecule has 1 unspecified atom stereocenters. The Morgan fingerprint density at radius 2 is 2.00 bits per heavy atom. The van der Waals surface area contributed by atoms with Crippen LogP contribution < -0.4 is 15.4 Å². The van der Waals surface area contributed by atoms with E-state index in [1.165, 1.54) is 24.3 Å². The van der Waals surface area contributed by atoms with E-state index in [0.29, 0.717) is 12.3 Å². The van der Waals surface area contributed by atoms with Gasteiger partial charge in [0.25, 0.3) is 5.91 Å². The minimum absolute atomic E-state index is 0. The molecule has 0 heterocycles. The van der Waals surface area contributed by atoms with Crippen LogP contribution in [0.3, 0.4) is 0 Å². The smallest absolute Gasteiger partial charge is 0.257 e. The number of likely N-dealkylation sites (N-methyl/N-ethyl adjacent to an activating group) is 1. The summed E-state index contributed by atoms with van der Waals surface area (Å²) in [5.74, 6) is -0.0516. The molecule has 0 aliphatic rings. The van der Waals surface area contributed by atoms with E-state index in [4.69, 9.17) is 4.74 Å². The van der Waals surface area contributed by atoms with Crippen LogP contribution in [0.4, 0.5) is 4.39 Å². The van der Waals surface area contributed by atoms with E-state index in [9.17, 15) is 9.18 Å².